The van der Waals surface area contributed by atoms with Crippen molar-refractivity contribution in [3.63, 3.8) is 0 Å². The van der Waals surface area contributed by atoms with Crippen molar-refractivity contribution in [3.8, 4) is 5.75 Å². The second-order valence-corrected chi connectivity index (χ2v) is 6.26. The van der Waals surface area contributed by atoms with Gasteiger partial charge < -0.3 is 14.9 Å². The van der Waals surface area contributed by atoms with Gasteiger partial charge in [0.05, 0.1) is 0 Å². The van der Waals surface area contributed by atoms with E-state index >= 15 is 0 Å². The Morgan fingerprint density at radius 2 is 1.92 bits per heavy atom. The summed E-state index contributed by atoms with van der Waals surface area (Å²) < 4.78 is 0. The summed E-state index contributed by atoms with van der Waals surface area (Å²) in [5, 5.41) is 9.48. The van der Waals surface area contributed by atoms with Gasteiger partial charge in [0.2, 0.25) is 5.95 Å². The summed E-state index contributed by atoms with van der Waals surface area (Å²) in [6.07, 6.45) is 4.15. The van der Waals surface area contributed by atoms with E-state index in [1.807, 2.05) is 24.4 Å². The highest BCUT2D eigenvalue weighted by Crippen LogP contribution is 2.30. The van der Waals surface area contributed by atoms with Crippen LogP contribution in [-0.4, -0.2) is 41.3 Å². The number of phenolic OH excluding ortho intramolecular Hbond substituents is 1. The molecule has 5 heteroatoms. The molecule has 1 unspecified atom stereocenters. The lowest BCUT2D eigenvalue weighted by Gasteiger charge is -2.33. The lowest BCUT2D eigenvalue weighted by Crippen LogP contribution is -2.36. The van der Waals surface area contributed by atoms with Crippen molar-refractivity contribution >= 4 is 11.8 Å². The third-order valence-electron chi connectivity index (χ3n) is 4.78. The topological polar surface area (TPSA) is 52.5 Å². The number of hydrogen-bond acceptors (Lipinski definition) is 5. The first kappa shape index (κ1) is 16.6. The van der Waals surface area contributed by atoms with Gasteiger partial charge in [-0.15, -0.1) is 0 Å². The van der Waals surface area contributed by atoms with Crippen molar-refractivity contribution in [2.24, 2.45) is 0 Å². The van der Waals surface area contributed by atoms with Crippen LogP contribution in [0.15, 0.2) is 36.5 Å². The predicted octanol–water partition coefficient (Wildman–Crippen LogP) is 3.41. The summed E-state index contributed by atoms with van der Waals surface area (Å²) in [5.74, 6) is 2.60. The SMILES string of the molecule is CCN(CC)c1ccnc(N2CCCC(c3ccc(O)cc3)C2)n1. The van der Waals surface area contributed by atoms with Gasteiger partial charge in [-0.3, -0.25) is 0 Å². The largest absolute Gasteiger partial charge is 0.508 e. The highest BCUT2D eigenvalue weighted by atomic mass is 16.3. The van der Waals surface area contributed by atoms with Gasteiger partial charge in [-0.25, -0.2) is 4.98 Å². The predicted molar refractivity (Wildman–Crippen MR) is 97.9 cm³/mol. The van der Waals surface area contributed by atoms with Crippen LogP contribution in [0.2, 0.25) is 0 Å². The second kappa shape index (κ2) is 7.51. The van der Waals surface area contributed by atoms with Crippen LogP contribution in [0.4, 0.5) is 11.8 Å². The fraction of sp³-hybridized carbons (Fsp3) is 0.474. The summed E-state index contributed by atoms with van der Waals surface area (Å²) in [4.78, 5) is 13.8. The minimum Gasteiger partial charge on any atom is -0.508 e. The quantitative estimate of drug-likeness (QED) is 0.912. The van der Waals surface area contributed by atoms with Crippen LogP contribution < -0.4 is 9.80 Å². The van der Waals surface area contributed by atoms with Crippen molar-refractivity contribution in [3.05, 3.63) is 42.1 Å². The standard InChI is InChI=1S/C19H26N4O/c1-3-22(4-2)18-11-12-20-19(21-18)23-13-5-6-16(14-23)15-7-9-17(24)10-8-15/h7-12,16,24H,3-6,13-14H2,1-2H3. The molecule has 2 heterocycles. The normalized spacial score (nSPS) is 17.8. The summed E-state index contributed by atoms with van der Waals surface area (Å²) in [6, 6.07) is 9.57. The van der Waals surface area contributed by atoms with E-state index in [0.29, 0.717) is 11.7 Å². The number of aromatic hydroxyl groups is 1. The van der Waals surface area contributed by atoms with E-state index in [9.17, 15) is 5.11 Å². The fourth-order valence-corrected chi connectivity index (χ4v) is 3.39. The number of benzene rings is 1. The Labute approximate surface area is 144 Å². The molecule has 1 saturated heterocycles. The summed E-state index contributed by atoms with van der Waals surface area (Å²) in [7, 11) is 0. The van der Waals surface area contributed by atoms with Crippen LogP contribution in [-0.2, 0) is 0 Å². The molecule has 0 aliphatic carbocycles. The van der Waals surface area contributed by atoms with E-state index in [4.69, 9.17) is 4.98 Å². The van der Waals surface area contributed by atoms with Gasteiger partial charge in [0.1, 0.15) is 11.6 Å². The highest BCUT2D eigenvalue weighted by Gasteiger charge is 2.23. The Kier molecular flexibility index (Phi) is 5.18. The molecule has 1 aliphatic rings. The monoisotopic (exact) mass is 326 g/mol. The molecule has 1 atom stereocenters. The lowest BCUT2D eigenvalue weighted by atomic mass is 9.91. The zero-order valence-electron chi connectivity index (χ0n) is 14.5. The number of anilines is 2. The fourth-order valence-electron chi connectivity index (χ4n) is 3.39. The molecular weight excluding hydrogens is 300 g/mol. The van der Waals surface area contributed by atoms with E-state index in [1.54, 1.807) is 12.1 Å². The Hall–Kier alpha value is -2.30. The Morgan fingerprint density at radius 1 is 1.17 bits per heavy atom. The first-order chi connectivity index (χ1) is 11.7. The molecule has 0 amide bonds. The smallest absolute Gasteiger partial charge is 0.227 e. The molecule has 1 aromatic heterocycles. The Bertz CT molecular complexity index is 655. The van der Waals surface area contributed by atoms with Gasteiger partial charge in [-0.05, 0) is 50.5 Å². The highest BCUT2D eigenvalue weighted by molar-refractivity contribution is 5.44. The van der Waals surface area contributed by atoms with E-state index in [0.717, 1.165) is 50.8 Å². The van der Waals surface area contributed by atoms with Crippen LogP contribution in [0.25, 0.3) is 0 Å². The van der Waals surface area contributed by atoms with Gasteiger partial charge in [0.15, 0.2) is 0 Å². The summed E-state index contributed by atoms with van der Waals surface area (Å²) in [5.41, 5.74) is 1.28. The minimum atomic E-state index is 0.321. The average Bonchev–Trinajstić information content (AvgIpc) is 2.64. The van der Waals surface area contributed by atoms with Gasteiger partial charge in [0.25, 0.3) is 0 Å². The summed E-state index contributed by atoms with van der Waals surface area (Å²) >= 11 is 0. The number of hydrogen-bond donors (Lipinski definition) is 1. The van der Waals surface area contributed by atoms with Gasteiger partial charge in [-0.1, -0.05) is 12.1 Å². The molecule has 1 aliphatic heterocycles. The second-order valence-electron chi connectivity index (χ2n) is 6.26. The first-order valence-electron chi connectivity index (χ1n) is 8.83. The molecule has 0 radical (unpaired) electrons. The van der Waals surface area contributed by atoms with E-state index < -0.39 is 0 Å². The van der Waals surface area contributed by atoms with E-state index in [2.05, 4.69) is 28.6 Å². The van der Waals surface area contributed by atoms with Crippen molar-refractivity contribution < 1.29 is 5.11 Å². The molecule has 5 nitrogen and oxygen atoms in total. The zero-order valence-corrected chi connectivity index (χ0v) is 14.5. The number of nitrogens with zero attached hydrogens (tertiary/aromatic N) is 4. The van der Waals surface area contributed by atoms with Crippen LogP contribution in [0.5, 0.6) is 5.75 Å². The molecule has 1 aromatic carbocycles. The minimum absolute atomic E-state index is 0.321. The molecule has 24 heavy (non-hydrogen) atoms. The van der Waals surface area contributed by atoms with Crippen LogP contribution in [0, 0.1) is 0 Å². The maximum atomic E-state index is 9.48. The number of piperidine rings is 1. The van der Waals surface area contributed by atoms with E-state index in [1.165, 1.54) is 5.56 Å². The van der Waals surface area contributed by atoms with Crippen molar-refractivity contribution in [2.45, 2.75) is 32.6 Å². The Balaban J connectivity index is 1.77. The van der Waals surface area contributed by atoms with Crippen molar-refractivity contribution in [1.82, 2.24) is 9.97 Å². The molecule has 0 spiro atoms. The molecule has 0 bridgehead atoms. The van der Waals surface area contributed by atoms with Crippen LogP contribution in [0.1, 0.15) is 38.2 Å². The van der Waals surface area contributed by atoms with Crippen LogP contribution >= 0.6 is 0 Å². The van der Waals surface area contributed by atoms with Crippen LogP contribution in [0.3, 0.4) is 0 Å². The van der Waals surface area contributed by atoms with Crippen molar-refractivity contribution in [1.29, 1.82) is 0 Å². The molecule has 2 aromatic rings. The molecule has 128 valence electrons. The Morgan fingerprint density at radius 3 is 2.62 bits per heavy atom. The van der Waals surface area contributed by atoms with Gasteiger partial charge >= 0.3 is 0 Å². The maximum Gasteiger partial charge on any atom is 0.227 e. The van der Waals surface area contributed by atoms with Gasteiger partial charge in [0, 0.05) is 38.3 Å². The van der Waals surface area contributed by atoms with Gasteiger partial charge in [-0.2, -0.15) is 4.98 Å². The number of rotatable bonds is 5. The van der Waals surface area contributed by atoms with E-state index in [-0.39, 0.29) is 0 Å². The first-order valence-corrected chi connectivity index (χ1v) is 8.83. The number of phenols is 1. The molecule has 3 rings (SSSR count). The molecule has 1 fully saturated rings. The average molecular weight is 326 g/mol. The summed E-state index contributed by atoms with van der Waals surface area (Å²) in [6.45, 7) is 8.11. The molecule has 0 saturated carbocycles. The zero-order chi connectivity index (χ0) is 16.9. The third kappa shape index (κ3) is 3.61. The number of aromatic nitrogens is 2. The third-order valence-corrected chi connectivity index (χ3v) is 4.78. The lowest BCUT2D eigenvalue weighted by molar-refractivity contribution is 0.473. The maximum absolute atomic E-state index is 9.48. The molecule has 1 N–H and O–H groups in total. The van der Waals surface area contributed by atoms with Crippen molar-refractivity contribution in [2.75, 3.05) is 36.0 Å². The molecular formula is C19H26N4O.